The van der Waals surface area contributed by atoms with Gasteiger partial charge in [0.05, 0.1) is 11.0 Å². The lowest BCUT2D eigenvalue weighted by Gasteiger charge is -2.27. The van der Waals surface area contributed by atoms with Gasteiger partial charge in [0.25, 0.3) is 0 Å². The Morgan fingerprint density at radius 3 is 1.93 bits per heavy atom. The molecule has 0 N–H and O–H groups in total. The van der Waals surface area contributed by atoms with Gasteiger partial charge in [-0.05, 0) is 123 Å². The van der Waals surface area contributed by atoms with Crippen LogP contribution in [-0.2, 0) is 6.42 Å². The first kappa shape index (κ1) is 30.7. The van der Waals surface area contributed by atoms with Crippen molar-refractivity contribution in [3.05, 3.63) is 199 Å². The number of para-hydroxylation sites is 1. The minimum atomic E-state index is 1.08. The van der Waals surface area contributed by atoms with Gasteiger partial charge in [0.2, 0.25) is 0 Å². The summed E-state index contributed by atoms with van der Waals surface area (Å²) >= 11 is 0. The molecule has 1 aromatic heterocycles. The van der Waals surface area contributed by atoms with Gasteiger partial charge >= 0.3 is 0 Å². The molecule has 0 saturated carbocycles. The fourth-order valence-electron chi connectivity index (χ4n) is 8.82. The van der Waals surface area contributed by atoms with E-state index in [1.807, 2.05) is 0 Å². The van der Waals surface area contributed by atoms with Gasteiger partial charge < -0.3 is 9.47 Å². The summed E-state index contributed by atoms with van der Waals surface area (Å²) in [5, 5.41) is 10.1. The number of rotatable bonds is 5. The van der Waals surface area contributed by atoms with Crippen LogP contribution in [0.2, 0.25) is 0 Å². The van der Waals surface area contributed by atoms with Gasteiger partial charge in [-0.2, -0.15) is 0 Å². The number of fused-ring (bicyclic) bond motifs is 10. The average molecular weight is 689 g/mol. The Balaban J connectivity index is 1.16. The first-order valence-corrected chi connectivity index (χ1v) is 18.9. The van der Waals surface area contributed by atoms with Gasteiger partial charge in [-0.3, -0.25) is 0 Å². The smallest absolute Gasteiger partial charge is 0.0625 e. The van der Waals surface area contributed by atoms with E-state index < -0.39 is 0 Å². The summed E-state index contributed by atoms with van der Waals surface area (Å²) in [7, 11) is 0. The highest BCUT2D eigenvalue weighted by Gasteiger charge is 2.22. The number of benzene rings is 9. The van der Waals surface area contributed by atoms with E-state index in [2.05, 4.69) is 204 Å². The first-order chi connectivity index (χ1) is 26.8. The molecular formula is C52H36N2. The molecule has 0 atom stereocenters. The lowest BCUT2D eigenvalue weighted by molar-refractivity contribution is 0.985. The molecule has 1 heterocycles. The number of hydrogen-bond donors (Lipinski definition) is 0. The van der Waals surface area contributed by atoms with Crippen LogP contribution in [0, 0.1) is 0 Å². The summed E-state index contributed by atoms with van der Waals surface area (Å²) in [6.45, 7) is 0. The largest absolute Gasteiger partial charge is 0.310 e. The Labute approximate surface area is 314 Å². The van der Waals surface area contributed by atoms with Crippen molar-refractivity contribution in [2.75, 3.05) is 4.90 Å². The number of anilines is 3. The van der Waals surface area contributed by atoms with Crippen LogP contribution in [0.1, 0.15) is 17.5 Å². The fraction of sp³-hybridized carbons (Fsp3) is 0.0385. The third kappa shape index (κ3) is 4.88. The molecule has 11 rings (SSSR count). The molecule has 0 radical (unpaired) electrons. The van der Waals surface area contributed by atoms with Crippen molar-refractivity contribution in [3.8, 4) is 16.8 Å². The normalized spacial score (nSPS) is 12.6. The summed E-state index contributed by atoms with van der Waals surface area (Å²) in [6.07, 6.45) is 6.77. The fourth-order valence-corrected chi connectivity index (χ4v) is 8.82. The summed E-state index contributed by atoms with van der Waals surface area (Å²) in [5.74, 6) is 0. The van der Waals surface area contributed by atoms with E-state index in [1.54, 1.807) is 0 Å². The predicted molar refractivity (Wildman–Crippen MR) is 231 cm³/mol. The maximum Gasteiger partial charge on any atom is 0.0625 e. The second kappa shape index (κ2) is 12.4. The van der Waals surface area contributed by atoms with Gasteiger partial charge in [-0.25, -0.2) is 0 Å². The number of nitrogens with zero attached hydrogens (tertiary/aromatic N) is 2. The molecule has 1 aliphatic rings. The van der Waals surface area contributed by atoms with Crippen LogP contribution in [0.15, 0.2) is 188 Å². The number of aromatic nitrogens is 1. The SMILES string of the molecule is C1=Cc2cc(N(c3ccc(-c4ccc5ccccc5c4)cc3)c3ccc4c(c3)c3c5ccccc5c5ccccc5c3n4-c3ccccc3)ccc2CC1. The van der Waals surface area contributed by atoms with Crippen molar-refractivity contribution in [1.82, 2.24) is 4.57 Å². The van der Waals surface area contributed by atoms with Gasteiger partial charge in [-0.1, -0.05) is 133 Å². The van der Waals surface area contributed by atoms with Crippen molar-refractivity contribution in [2.24, 2.45) is 0 Å². The van der Waals surface area contributed by atoms with Gasteiger partial charge in [0.15, 0.2) is 0 Å². The zero-order valence-corrected chi connectivity index (χ0v) is 29.8. The van der Waals surface area contributed by atoms with Crippen LogP contribution in [-0.4, -0.2) is 4.57 Å². The topological polar surface area (TPSA) is 8.17 Å². The molecular weight excluding hydrogens is 653 g/mol. The van der Waals surface area contributed by atoms with Crippen LogP contribution < -0.4 is 4.90 Å². The number of hydrogen-bond acceptors (Lipinski definition) is 1. The maximum absolute atomic E-state index is 2.47. The van der Waals surface area contributed by atoms with E-state index in [0.29, 0.717) is 0 Å². The monoisotopic (exact) mass is 688 g/mol. The molecule has 9 aromatic carbocycles. The number of allylic oxidation sites excluding steroid dienone is 1. The molecule has 0 amide bonds. The summed E-state index contributed by atoms with van der Waals surface area (Å²) in [5.41, 5.74) is 12.1. The van der Waals surface area contributed by atoms with E-state index in [1.165, 1.54) is 76.4 Å². The Hall–Kier alpha value is -6.90. The second-order valence-electron chi connectivity index (χ2n) is 14.5. The second-order valence-corrected chi connectivity index (χ2v) is 14.5. The summed E-state index contributed by atoms with van der Waals surface area (Å²) in [6, 6.07) is 67.1. The Morgan fingerprint density at radius 2 is 1.09 bits per heavy atom. The van der Waals surface area contributed by atoms with Gasteiger partial charge in [-0.15, -0.1) is 0 Å². The molecule has 2 nitrogen and oxygen atoms in total. The van der Waals surface area contributed by atoms with E-state index in [0.717, 1.165) is 35.6 Å². The van der Waals surface area contributed by atoms with Crippen LogP contribution in [0.3, 0.4) is 0 Å². The van der Waals surface area contributed by atoms with Crippen LogP contribution in [0.4, 0.5) is 17.1 Å². The highest BCUT2D eigenvalue weighted by Crippen LogP contribution is 2.45. The molecule has 0 bridgehead atoms. The van der Waals surface area contributed by atoms with E-state index in [4.69, 9.17) is 0 Å². The lowest BCUT2D eigenvalue weighted by Crippen LogP contribution is -2.11. The van der Waals surface area contributed by atoms with Crippen molar-refractivity contribution < 1.29 is 0 Å². The highest BCUT2D eigenvalue weighted by molar-refractivity contribution is 6.32. The van der Waals surface area contributed by atoms with E-state index >= 15 is 0 Å². The molecule has 254 valence electrons. The minimum absolute atomic E-state index is 1.08. The third-order valence-corrected chi connectivity index (χ3v) is 11.4. The molecule has 54 heavy (non-hydrogen) atoms. The molecule has 0 unspecified atom stereocenters. The third-order valence-electron chi connectivity index (χ3n) is 11.4. The zero-order valence-electron chi connectivity index (χ0n) is 29.8. The van der Waals surface area contributed by atoms with Crippen molar-refractivity contribution in [2.45, 2.75) is 12.8 Å². The highest BCUT2D eigenvalue weighted by atomic mass is 15.1. The Kier molecular flexibility index (Phi) is 7.03. The standard InChI is InChI=1S/C52H36N2/c1-2-16-41(17-3-1)54-50-31-30-44(34-49(50)51-47-20-10-8-18-45(47)46-19-9-11-21-48(46)52(51)54)53(43-29-26-36-13-5-7-15-39(36)33-43)42-27-24-37(25-28-42)40-23-22-35-12-4-6-14-38(35)32-40/h1-4,6-12,14-34H,5,13H2. The predicted octanol–water partition coefficient (Wildman–Crippen LogP) is 14.3. The minimum Gasteiger partial charge on any atom is -0.310 e. The number of aryl methyl sites for hydroxylation is 1. The zero-order chi connectivity index (χ0) is 35.6. The lowest BCUT2D eigenvalue weighted by atomic mass is 9.96. The van der Waals surface area contributed by atoms with Crippen molar-refractivity contribution >= 4 is 77.3 Å². The molecule has 0 fully saturated rings. The van der Waals surface area contributed by atoms with Crippen LogP contribution in [0.5, 0.6) is 0 Å². The first-order valence-electron chi connectivity index (χ1n) is 18.9. The molecule has 2 heteroatoms. The molecule has 10 aromatic rings. The maximum atomic E-state index is 2.47. The van der Waals surface area contributed by atoms with Gasteiger partial charge in [0, 0.05) is 38.9 Å². The summed E-state index contributed by atoms with van der Waals surface area (Å²) < 4.78 is 2.47. The average Bonchev–Trinajstić information content (AvgIpc) is 3.59. The van der Waals surface area contributed by atoms with Crippen molar-refractivity contribution in [3.63, 3.8) is 0 Å². The van der Waals surface area contributed by atoms with E-state index in [-0.39, 0.29) is 0 Å². The molecule has 1 aliphatic carbocycles. The van der Waals surface area contributed by atoms with Crippen LogP contribution >= 0.6 is 0 Å². The molecule has 0 aliphatic heterocycles. The Morgan fingerprint density at radius 1 is 0.444 bits per heavy atom. The van der Waals surface area contributed by atoms with Crippen LogP contribution in [0.25, 0.3) is 77.0 Å². The molecule has 0 saturated heterocycles. The quantitative estimate of drug-likeness (QED) is 0.163. The van der Waals surface area contributed by atoms with E-state index in [9.17, 15) is 0 Å². The van der Waals surface area contributed by atoms with Crippen molar-refractivity contribution in [1.29, 1.82) is 0 Å². The molecule has 0 spiro atoms. The summed E-state index contributed by atoms with van der Waals surface area (Å²) in [4.78, 5) is 2.43. The van der Waals surface area contributed by atoms with Gasteiger partial charge in [0.1, 0.15) is 0 Å². The Bertz CT molecular complexity index is 3090.